The third-order valence-corrected chi connectivity index (χ3v) is 6.33. The second-order valence-electron chi connectivity index (χ2n) is 6.88. The molecule has 0 aromatic heterocycles. The average Bonchev–Trinajstić information content (AvgIpc) is 3.12. The van der Waals surface area contributed by atoms with Crippen molar-refractivity contribution in [1.82, 2.24) is 10.0 Å². The summed E-state index contributed by atoms with van der Waals surface area (Å²) in [6, 6.07) is 7.75. The van der Waals surface area contributed by atoms with Crippen LogP contribution in [0.5, 0.6) is 11.5 Å². The molecule has 0 saturated heterocycles. The molecule has 0 fully saturated rings. The molecular formula is C19H20Cl2N2O5S. The number of halogens is 2. The summed E-state index contributed by atoms with van der Waals surface area (Å²) in [5.74, 6) is 0.834. The smallest absolute Gasteiger partial charge is 0.253 e. The van der Waals surface area contributed by atoms with Gasteiger partial charge in [0.25, 0.3) is 5.91 Å². The zero-order valence-electron chi connectivity index (χ0n) is 15.8. The highest BCUT2D eigenvalue weighted by Gasteiger charge is 2.23. The van der Waals surface area contributed by atoms with E-state index >= 15 is 0 Å². The van der Waals surface area contributed by atoms with Crippen molar-refractivity contribution in [2.45, 2.75) is 25.3 Å². The van der Waals surface area contributed by atoms with E-state index in [1.54, 1.807) is 18.2 Å². The summed E-state index contributed by atoms with van der Waals surface area (Å²) in [5, 5.41) is 2.72. The number of carbonyl (C=O) groups is 1. The number of hydrogen-bond acceptors (Lipinski definition) is 5. The number of fused-ring (bicyclic) bond motifs is 1. The van der Waals surface area contributed by atoms with Crippen LogP contribution in [-0.4, -0.2) is 27.7 Å². The standard InChI is InChI=1S/C19H20Cl2N2O5S/c1-11(2)8-23-29(25,26)18-6-13(14(20)7-15(18)21)19(24)22-9-12-3-4-16-17(5-12)28-10-27-16/h3-7,11,23H,8-10H2,1-2H3,(H,22,24). The van der Waals surface area contributed by atoms with E-state index < -0.39 is 15.9 Å². The van der Waals surface area contributed by atoms with Gasteiger partial charge in [-0.05, 0) is 35.7 Å². The van der Waals surface area contributed by atoms with Crippen LogP contribution in [-0.2, 0) is 16.6 Å². The van der Waals surface area contributed by atoms with Gasteiger partial charge in [-0.3, -0.25) is 4.79 Å². The molecule has 1 aliphatic rings. The molecule has 1 aliphatic heterocycles. The number of benzene rings is 2. The molecule has 7 nitrogen and oxygen atoms in total. The molecule has 0 spiro atoms. The number of ether oxygens (including phenoxy) is 2. The Bertz CT molecular complexity index is 1040. The minimum absolute atomic E-state index is 0.0155. The van der Waals surface area contributed by atoms with Gasteiger partial charge in [0.05, 0.1) is 15.6 Å². The van der Waals surface area contributed by atoms with Crippen molar-refractivity contribution in [1.29, 1.82) is 0 Å². The van der Waals surface area contributed by atoms with Gasteiger partial charge in [0.2, 0.25) is 16.8 Å². The van der Waals surface area contributed by atoms with Crippen LogP contribution < -0.4 is 19.5 Å². The maximum Gasteiger partial charge on any atom is 0.253 e. The first kappa shape index (κ1) is 21.7. The van der Waals surface area contributed by atoms with Gasteiger partial charge in [0, 0.05) is 13.1 Å². The number of sulfonamides is 1. The molecule has 156 valence electrons. The van der Waals surface area contributed by atoms with E-state index in [4.69, 9.17) is 32.7 Å². The second-order valence-corrected chi connectivity index (χ2v) is 9.43. The molecule has 2 aromatic carbocycles. The highest BCUT2D eigenvalue weighted by molar-refractivity contribution is 7.89. The van der Waals surface area contributed by atoms with Crippen molar-refractivity contribution < 1.29 is 22.7 Å². The molecule has 0 bridgehead atoms. The molecule has 0 unspecified atom stereocenters. The second kappa shape index (κ2) is 8.79. The summed E-state index contributed by atoms with van der Waals surface area (Å²) in [6.45, 7) is 4.35. The monoisotopic (exact) mass is 458 g/mol. The van der Waals surface area contributed by atoms with Crippen LogP contribution in [0.4, 0.5) is 0 Å². The molecule has 1 heterocycles. The molecule has 10 heteroatoms. The molecule has 3 rings (SSSR count). The lowest BCUT2D eigenvalue weighted by Crippen LogP contribution is -2.28. The first-order chi connectivity index (χ1) is 13.7. The zero-order valence-corrected chi connectivity index (χ0v) is 18.1. The number of nitrogens with one attached hydrogen (secondary N) is 2. The summed E-state index contributed by atoms with van der Waals surface area (Å²) in [4.78, 5) is 12.4. The minimum atomic E-state index is -3.88. The summed E-state index contributed by atoms with van der Waals surface area (Å²) < 4.78 is 38.1. The number of carbonyl (C=O) groups excluding carboxylic acids is 1. The lowest BCUT2D eigenvalue weighted by Gasteiger charge is -2.13. The number of amides is 1. The Kier molecular flexibility index (Phi) is 6.58. The molecular weight excluding hydrogens is 439 g/mol. The van der Waals surface area contributed by atoms with Crippen LogP contribution >= 0.6 is 23.2 Å². The predicted octanol–water partition coefficient (Wildman–Crippen LogP) is 3.59. The van der Waals surface area contributed by atoms with Crippen molar-refractivity contribution >= 4 is 39.1 Å². The molecule has 2 aromatic rings. The molecule has 0 aliphatic carbocycles. The van der Waals surface area contributed by atoms with E-state index in [1.807, 2.05) is 13.8 Å². The molecule has 1 amide bonds. The largest absolute Gasteiger partial charge is 0.454 e. The Morgan fingerprint density at radius 3 is 2.55 bits per heavy atom. The Hall–Kier alpha value is -2.00. The molecule has 0 atom stereocenters. The minimum Gasteiger partial charge on any atom is -0.454 e. The fourth-order valence-electron chi connectivity index (χ4n) is 2.59. The van der Waals surface area contributed by atoms with Crippen LogP contribution in [0.2, 0.25) is 10.0 Å². The Morgan fingerprint density at radius 2 is 1.83 bits per heavy atom. The zero-order chi connectivity index (χ0) is 21.2. The average molecular weight is 459 g/mol. The molecule has 29 heavy (non-hydrogen) atoms. The Morgan fingerprint density at radius 1 is 1.10 bits per heavy atom. The molecule has 0 saturated carbocycles. The summed E-state index contributed by atoms with van der Waals surface area (Å²) >= 11 is 12.2. The van der Waals surface area contributed by atoms with E-state index in [0.29, 0.717) is 11.5 Å². The van der Waals surface area contributed by atoms with Crippen molar-refractivity contribution in [2.75, 3.05) is 13.3 Å². The van der Waals surface area contributed by atoms with E-state index in [1.165, 1.54) is 12.1 Å². The quantitative estimate of drug-likeness (QED) is 0.660. The Labute approximate surface area is 179 Å². The summed E-state index contributed by atoms with van der Waals surface area (Å²) in [7, 11) is -3.88. The van der Waals surface area contributed by atoms with Crippen molar-refractivity contribution in [3.05, 3.63) is 51.5 Å². The Balaban J connectivity index is 1.78. The molecule has 2 N–H and O–H groups in total. The van der Waals surface area contributed by atoms with Gasteiger partial charge in [-0.1, -0.05) is 43.1 Å². The highest BCUT2D eigenvalue weighted by atomic mass is 35.5. The normalized spacial score (nSPS) is 13.0. The van der Waals surface area contributed by atoms with Gasteiger partial charge in [-0.2, -0.15) is 0 Å². The van der Waals surface area contributed by atoms with Gasteiger partial charge >= 0.3 is 0 Å². The number of hydrogen-bond donors (Lipinski definition) is 2. The number of rotatable bonds is 7. The van der Waals surface area contributed by atoms with Crippen LogP contribution in [0, 0.1) is 5.92 Å². The first-order valence-electron chi connectivity index (χ1n) is 8.83. The van der Waals surface area contributed by atoms with Crippen LogP contribution in [0.15, 0.2) is 35.2 Å². The third kappa shape index (κ3) is 5.14. The van der Waals surface area contributed by atoms with Crippen LogP contribution in [0.3, 0.4) is 0 Å². The highest BCUT2D eigenvalue weighted by Crippen LogP contribution is 2.32. The van der Waals surface area contributed by atoms with Crippen molar-refractivity contribution in [2.24, 2.45) is 5.92 Å². The van der Waals surface area contributed by atoms with E-state index in [0.717, 1.165) is 5.56 Å². The van der Waals surface area contributed by atoms with Crippen molar-refractivity contribution in [3.8, 4) is 11.5 Å². The van der Waals surface area contributed by atoms with Gasteiger partial charge in [-0.15, -0.1) is 0 Å². The lowest BCUT2D eigenvalue weighted by atomic mass is 10.1. The van der Waals surface area contributed by atoms with Crippen molar-refractivity contribution in [3.63, 3.8) is 0 Å². The van der Waals surface area contributed by atoms with E-state index in [2.05, 4.69) is 10.0 Å². The van der Waals surface area contributed by atoms with E-state index in [9.17, 15) is 13.2 Å². The van der Waals surface area contributed by atoms with Gasteiger partial charge in [0.1, 0.15) is 4.90 Å². The fourth-order valence-corrected chi connectivity index (χ4v) is 4.66. The maximum atomic E-state index is 12.6. The predicted molar refractivity (Wildman–Crippen MR) is 110 cm³/mol. The van der Waals surface area contributed by atoms with Gasteiger partial charge in [-0.25, -0.2) is 13.1 Å². The van der Waals surface area contributed by atoms with Gasteiger partial charge in [0.15, 0.2) is 11.5 Å². The summed E-state index contributed by atoms with van der Waals surface area (Å²) in [5.41, 5.74) is 0.806. The summed E-state index contributed by atoms with van der Waals surface area (Å²) in [6.07, 6.45) is 0. The third-order valence-electron chi connectivity index (χ3n) is 4.13. The topological polar surface area (TPSA) is 93.7 Å². The SMILES string of the molecule is CC(C)CNS(=O)(=O)c1cc(C(=O)NCc2ccc3c(c2)OCO3)c(Cl)cc1Cl. The maximum absolute atomic E-state index is 12.6. The lowest BCUT2D eigenvalue weighted by molar-refractivity contribution is 0.0950. The van der Waals surface area contributed by atoms with Gasteiger partial charge < -0.3 is 14.8 Å². The molecule has 0 radical (unpaired) electrons. The van der Waals surface area contributed by atoms with E-state index in [-0.39, 0.29) is 46.3 Å². The first-order valence-corrected chi connectivity index (χ1v) is 11.1. The van der Waals surface area contributed by atoms with Crippen LogP contribution in [0.1, 0.15) is 29.8 Å². The van der Waals surface area contributed by atoms with Crippen LogP contribution in [0.25, 0.3) is 0 Å². The fraction of sp³-hybridized carbons (Fsp3) is 0.316.